The number of amides is 1. The van der Waals surface area contributed by atoms with Crippen molar-refractivity contribution in [1.82, 2.24) is 4.72 Å². The summed E-state index contributed by atoms with van der Waals surface area (Å²) < 4.78 is 59.6. The molecule has 2 aromatic carbocycles. The quantitative estimate of drug-likeness (QED) is 0.338. The second kappa shape index (κ2) is 10.7. The number of primary amides is 1. The van der Waals surface area contributed by atoms with E-state index in [9.17, 15) is 22.0 Å². The molecular weight excluding hydrogens is 421 g/mol. The number of carbonyl (C=O) groups is 1. The standard InChI is InChI=1S/C16H15F3N2O3S3/c17-13-7-11(8-14(18)16(13)24-9-15(20)22)25-6-5-21-27(23)12-3-1-10(26-19)2-4-12/h1-4,7-8,21H,5-6,9H2,(H2,20,22). The zero-order valence-electron chi connectivity index (χ0n) is 13.7. The molecule has 0 heterocycles. The zero-order valence-corrected chi connectivity index (χ0v) is 16.2. The summed E-state index contributed by atoms with van der Waals surface area (Å²) >= 11 is -0.230. The fourth-order valence-electron chi connectivity index (χ4n) is 1.90. The molecule has 0 saturated carbocycles. The minimum atomic E-state index is -1.48. The number of hydrogen-bond acceptors (Lipinski definition) is 6. The first kappa shape index (κ1) is 21.8. The van der Waals surface area contributed by atoms with Crippen molar-refractivity contribution in [3.63, 3.8) is 0 Å². The van der Waals surface area contributed by atoms with Crippen molar-refractivity contribution in [3.05, 3.63) is 48.0 Å². The van der Waals surface area contributed by atoms with Crippen LogP contribution in [0.4, 0.5) is 12.7 Å². The number of benzene rings is 2. The average Bonchev–Trinajstić information content (AvgIpc) is 2.64. The molecule has 1 amide bonds. The van der Waals surface area contributed by atoms with Crippen LogP contribution in [0.1, 0.15) is 0 Å². The topological polar surface area (TPSA) is 87.4 Å². The second-order valence-corrected chi connectivity index (χ2v) is 8.12. The van der Waals surface area contributed by atoms with Gasteiger partial charge in [0.2, 0.25) is 0 Å². The Hall–Kier alpha value is -1.53. The first-order chi connectivity index (χ1) is 12.9. The number of carbonyl (C=O) groups excluding carboxylic acids is 1. The predicted molar refractivity (Wildman–Crippen MR) is 99.6 cm³/mol. The molecule has 2 rings (SSSR count). The molecule has 0 fully saturated rings. The Morgan fingerprint density at radius 3 is 2.37 bits per heavy atom. The third kappa shape index (κ3) is 6.85. The zero-order chi connectivity index (χ0) is 19.8. The average molecular weight is 437 g/mol. The molecular formula is C16H15F3N2O3S3. The maximum absolute atomic E-state index is 13.9. The van der Waals surface area contributed by atoms with Crippen LogP contribution in [-0.4, -0.2) is 29.4 Å². The lowest BCUT2D eigenvalue weighted by Crippen LogP contribution is -2.26. The maximum atomic E-state index is 13.9. The van der Waals surface area contributed by atoms with Gasteiger partial charge in [0, 0.05) is 15.5 Å². The van der Waals surface area contributed by atoms with Crippen LogP contribution in [0.5, 0.6) is 5.75 Å². The number of nitrogens with two attached hydrogens (primary N) is 1. The van der Waals surface area contributed by atoms with Gasteiger partial charge in [0.05, 0.1) is 30.1 Å². The molecule has 5 nitrogen and oxygen atoms in total. The predicted octanol–water partition coefficient (Wildman–Crippen LogP) is 3.21. The van der Waals surface area contributed by atoms with Gasteiger partial charge < -0.3 is 15.0 Å². The van der Waals surface area contributed by atoms with Crippen LogP contribution < -0.4 is 15.2 Å². The minimum absolute atomic E-state index is 0.100. The maximum Gasteiger partial charge on any atom is 0.255 e. The van der Waals surface area contributed by atoms with Crippen LogP contribution in [0.25, 0.3) is 0 Å². The third-order valence-corrected chi connectivity index (χ3v) is 5.66. The SMILES string of the molecule is NC(=O)COc1c(F)cc(SCCN[S+]([O-])c2ccc(SF)cc2)cc1F. The summed E-state index contributed by atoms with van der Waals surface area (Å²) in [4.78, 5) is 11.8. The molecule has 0 aliphatic rings. The van der Waals surface area contributed by atoms with E-state index < -0.39 is 41.3 Å². The Morgan fingerprint density at radius 2 is 1.81 bits per heavy atom. The van der Waals surface area contributed by atoms with Gasteiger partial charge in [0.1, 0.15) is 0 Å². The lowest BCUT2D eigenvalue weighted by Gasteiger charge is -2.11. The van der Waals surface area contributed by atoms with Gasteiger partial charge >= 0.3 is 0 Å². The largest absolute Gasteiger partial charge is 0.593 e. The van der Waals surface area contributed by atoms with E-state index in [-0.39, 0.29) is 12.1 Å². The summed E-state index contributed by atoms with van der Waals surface area (Å²) in [6.07, 6.45) is 0. The minimum Gasteiger partial charge on any atom is -0.593 e. The smallest absolute Gasteiger partial charge is 0.255 e. The van der Waals surface area contributed by atoms with Crippen molar-refractivity contribution in [2.45, 2.75) is 14.7 Å². The molecule has 11 heteroatoms. The molecule has 0 saturated heterocycles. The van der Waals surface area contributed by atoms with Gasteiger partial charge in [0.15, 0.2) is 28.9 Å². The lowest BCUT2D eigenvalue weighted by molar-refractivity contribution is -0.120. The normalized spacial score (nSPS) is 12.0. The van der Waals surface area contributed by atoms with Gasteiger partial charge in [-0.25, -0.2) is 8.78 Å². The Kier molecular flexibility index (Phi) is 8.64. The molecule has 146 valence electrons. The third-order valence-electron chi connectivity index (χ3n) is 3.06. The van der Waals surface area contributed by atoms with E-state index in [1.807, 2.05) is 0 Å². The van der Waals surface area contributed by atoms with Crippen LogP contribution >= 0.6 is 23.9 Å². The first-order valence-electron chi connectivity index (χ1n) is 7.47. The molecule has 3 N–H and O–H groups in total. The van der Waals surface area contributed by atoms with Crippen molar-refractivity contribution in [3.8, 4) is 5.75 Å². The Morgan fingerprint density at radius 1 is 1.19 bits per heavy atom. The van der Waals surface area contributed by atoms with Crippen molar-refractivity contribution in [1.29, 1.82) is 0 Å². The molecule has 1 unspecified atom stereocenters. The fraction of sp³-hybridized carbons (Fsp3) is 0.188. The van der Waals surface area contributed by atoms with E-state index in [1.54, 1.807) is 12.1 Å². The van der Waals surface area contributed by atoms with E-state index in [2.05, 4.69) is 4.72 Å². The van der Waals surface area contributed by atoms with Crippen LogP contribution in [0.3, 0.4) is 0 Å². The highest BCUT2D eigenvalue weighted by atomic mass is 32.2. The van der Waals surface area contributed by atoms with E-state index in [1.165, 1.54) is 12.1 Å². The van der Waals surface area contributed by atoms with E-state index in [0.717, 1.165) is 23.9 Å². The Labute approximate surface area is 165 Å². The van der Waals surface area contributed by atoms with Gasteiger partial charge in [-0.15, -0.1) is 16.5 Å². The van der Waals surface area contributed by atoms with E-state index >= 15 is 0 Å². The van der Waals surface area contributed by atoms with Gasteiger partial charge in [0.25, 0.3) is 5.91 Å². The van der Waals surface area contributed by atoms with E-state index in [4.69, 9.17) is 10.5 Å². The van der Waals surface area contributed by atoms with Crippen molar-refractivity contribution >= 4 is 41.2 Å². The molecule has 1 atom stereocenters. The molecule has 0 aromatic heterocycles. The molecule has 2 aromatic rings. The number of thioether (sulfide) groups is 1. The summed E-state index contributed by atoms with van der Waals surface area (Å²) in [5.41, 5.74) is 4.87. The van der Waals surface area contributed by atoms with Gasteiger partial charge in [-0.2, -0.15) is 3.89 Å². The highest BCUT2D eigenvalue weighted by Gasteiger charge is 2.15. The van der Waals surface area contributed by atoms with Gasteiger partial charge in [-0.05, 0) is 36.4 Å². The number of rotatable bonds is 10. The summed E-state index contributed by atoms with van der Waals surface area (Å²) in [6, 6.07) is 8.29. The van der Waals surface area contributed by atoms with Crippen molar-refractivity contribution < 1.29 is 26.8 Å². The number of ether oxygens (including phenoxy) is 1. The molecule has 0 radical (unpaired) electrons. The number of halogens is 3. The molecule has 27 heavy (non-hydrogen) atoms. The summed E-state index contributed by atoms with van der Waals surface area (Å²) in [7, 11) is 0. The molecule has 0 bridgehead atoms. The summed E-state index contributed by atoms with van der Waals surface area (Å²) in [6.45, 7) is -0.318. The van der Waals surface area contributed by atoms with Gasteiger partial charge in [-0.1, -0.05) is 0 Å². The monoisotopic (exact) mass is 436 g/mol. The number of nitrogens with one attached hydrogen (secondary N) is 1. The summed E-state index contributed by atoms with van der Waals surface area (Å²) in [5, 5.41) is 0. The van der Waals surface area contributed by atoms with Crippen LogP contribution in [0.15, 0.2) is 51.1 Å². The van der Waals surface area contributed by atoms with Crippen LogP contribution in [0, 0.1) is 11.6 Å². The van der Waals surface area contributed by atoms with Crippen molar-refractivity contribution in [2.75, 3.05) is 18.9 Å². The van der Waals surface area contributed by atoms with Gasteiger partial charge in [-0.3, -0.25) is 4.79 Å². The molecule has 0 aliphatic heterocycles. The lowest BCUT2D eigenvalue weighted by atomic mass is 10.3. The highest BCUT2D eigenvalue weighted by Crippen LogP contribution is 2.28. The van der Waals surface area contributed by atoms with Crippen LogP contribution in [0.2, 0.25) is 0 Å². The Balaban J connectivity index is 1.83. The second-order valence-electron chi connectivity index (χ2n) is 5.03. The first-order valence-corrected chi connectivity index (χ1v) is 10.3. The van der Waals surface area contributed by atoms with Crippen LogP contribution in [-0.2, 0) is 16.2 Å². The number of hydrogen-bond donors (Lipinski definition) is 2. The molecule has 0 aliphatic carbocycles. The van der Waals surface area contributed by atoms with Crippen molar-refractivity contribution in [2.24, 2.45) is 5.73 Å². The summed E-state index contributed by atoms with van der Waals surface area (Å²) in [5.74, 6) is -3.00. The Bertz CT molecular complexity index is 758. The van der Waals surface area contributed by atoms with E-state index in [0.29, 0.717) is 27.0 Å². The molecule has 0 spiro atoms. The fourth-order valence-corrected chi connectivity index (χ4v) is 3.92. The highest BCUT2D eigenvalue weighted by molar-refractivity contribution is 7.99.